The first-order valence-electron chi connectivity index (χ1n) is 4.44. The standard InChI is InChI=1S/C10H12N4/c1-8-2-4-12-6-9(8)7-14-10(11)3-5-13-14/h2-6H,7,11H2,1H3. The molecule has 2 rings (SSSR count). The number of hydrogen-bond donors (Lipinski definition) is 1. The third kappa shape index (κ3) is 1.59. The van der Waals surface area contributed by atoms with Gasteiger partial charge >= 0.3 is 0 Å². The fourth-order valence-electron chi connectivity index (χ4n) is 1.30. The molecule has 0 spiro atoms. The number of nitrogens with two attached hydrogens (primary N) is 1. The maximum Gasteiger partial charge on any atom is 0.122 e. The predicted octanol–water partition coefficient (Wildman–Crippen LogP) is 1.22. The highest BCUT2D eigenvalue weighted by Gasteiger charge is 2.01. The number of hydrogen-bond acceptors (Lipinski definition) is 3. The molecule has 4 nitrogen and oxygen atoms in total. The van der Waals surface area contributed by atoms with Crippen LogP contribution in [0.2, 0.25) is 0 Å². The minimum Gasteiger partial charge on any atom is -0.384 e. The first-order chi connectivity index (χ1) is 6.77. The molecule has 0 amide bonds. The molecule has 0 saturated carbocycles. The van der Waals surface area contributed by atoms with E-state index in [9.17, 15) is 0 Å². The predicted molar refractivity (Wildman–Crippen MR) is 54.7 cm³/mol. The van der Waals surface area contributed by atoms with Crippen molar-refractivity contribution in [2.45, 2.75) is 13.5 Å². The van der Waals surface area contributed by atoms with Crippen LogP contribution in [0, 0.1) is 6.92 Å². The Labute approximate surface area is 82.4 Å². The first-order valence-corrected chi connectivity index (χ1v) is 4.44. The fourth-order valence-corrected chi connectivity index (χ4v) is 1.30. The molecule has 14 heavy (non-hydrogen) atoms. The molecule has 2 aromatic heterocycles. The summed E-state index contributed by atoms with van der Waals surface area (Å²) < 4.78 is 1.75. The van der Waals surface area contributed by atoms with E-state index in [1.807, 2.05) is 12.3 Å². The lowest BCUT2D eigenvalue weighted by molar-refractivity contribution is 0.692. The van der Waals surface area contributed by atoms with E-state index >= 15 is 0 Å². The Morgan fingerprint density at radius 2 is 2.21 bits per heavy atom. The van der Waals surface area contributed by atoms with Crippen molar-refractivity contribution in [3.05, 3.63) is 41.9 Å². The van der Waals surface area contributed by atoms with Crippen LogP contribution in [0.4, 0.5) is 5.82 Å². The third-order valence-electron chi connectivity index (χ3n) is 2.22. The number of anilines is 1. The second kappa shape index (κ2) is 3.49. The fraction of sp³-hybridized carbons (Fsp3) is 0.200. The molecule has 0 bridgehead atoms. The molecular formula is C10H12N4. The van der Waals surface area contributed by atoms with Gasteiger partial charge in [0.15, 0.2) is 0 Å². The molecule has 2 heterocycles. The highest BCUT2D eigenvalue weighted by Crippen LogP contribution is 2.09. The van der Waals surface area contributed by atoms with Crippen LogP contribution >= 0.6 is 0 Å². The van der Waals surface area contributed by atoms with Crippen LogP contribution in [-0.4, -0.2) is 14.8 Å². The summed E-state index contributed by atoms with van der Waals surface area (Å²) in [4.78, 5) is 4.07. The van der Waals surface area contributed by atoms with E-state index in [1.54, 1.807) is 23.1 Å². The molecule has 0 saturated heterocycles. The smallest absolute Gasteiger partial charge is 0.122 e. The molecule has 2 aromatic rings. The summed E-state index contributed by atoms with van der Waals surface area (Å²) in [6.45, 7) is 2.73. The van der Waals surface area contributed by atoms with E-state index in [0.717, 1.165) is 5.56 Å². The van der Waals surface area contributed by atoms with Gasteiger partial charge < -0.3 is 5.73 Å². The number of nitrogen functional groups attached to an aromatic ring is 1. The number of pyridine rings is 1. The Kier molecular flexibility index (Phi) is 2.18. The minimum atomic E-state index is 0.674. The highest BCUT2D eigenvalue weighted by molar-refractivity contribution is 5.29. The van der Waals surface area contributed by atoms with Gasteiger partial charge in [-0.2, -0.15) is 5.10 Å². The number of aryl methyl sites for hydroxylation is 1. The van der Waals surface area contributed by atoms with Crippen LogP contribution in [0.1, 0.15) is 11.1 Å². The van der Waals surface area contributed by atoms with Crippen LogP contribution < -0.4 is 5.73 Å². The Balaban J connectivity index is 2.28. The van der Waals surface area contributed by atoms with Gasteiger partial charge in [-0.05, 0) is 30.2 Å². The Bertz CT molecular complexity index is 433. The van der Waals surface area contributed by atoms with Crippen LogP contribution in [0.25, 0.3) is 0 Å². The van der Waals surface area contributed by atoms with Gasteiger partial charge in [0.25, 0.3) is 0 Å². The Morgan fingerprint density at radius 1 is 1.36 bits per heavy atom. The lowest BCUT2D eigenvalue weighted by atomic mass is 10.2. The Morgan fingerprint density at radius 3 is 2.86 bits per heavy atom. The summed E-state index contributed by atoms with van der Waals surface area (Å²) in [6.07, 6.45) is 5.32. The van der Waals surface area contributed by atoms with E-state index in [1.165, 1.54) is 5.56 Å². The second-order valence-electron chi connectivity index (χ2n) is 3.22. The SMILES string of the molecule is Cc1ccncc1Cn1nccc1N. The molecule has 0 atom stereocenters. The molecule has 4 heteroatoms. The summed E-state index contributed by atoms with van der Waals surface area (Å²) >= 11 is 0. The van der Waals surface area contributed by atoms with Gasteiger partial charge in [-0.15, -0.1) is 0 Å². The van der Waals surface area contributed by atoms with Crippen molar-refractivity contribution in [1.82, 2.24) is 14.8 Å². The van der Waals surface area contributed by atoms with Crippen LogP contribution in [-0.2, 0) is 6.54 Å². The van der Waals surface area contributed by atoms with Gasteiger partial charge in [0.05, 0.1) is 12.7 Å². The van der Waals surface area contributed by atoms with Crippen molar-refractivity contribution in [3.63, 3.8) is 0 Å². The molecule has 2 N–H and O–H groups in total. The summed E-state index contributed by atoms with van der Waals surface area (Å²) in [5, 5.41) is 4.12. The van der Waals surface area contributed by atoms with Crippen LogP contribution in [0.15, 0.2) is 30.7 Å². The van der Waals surface area contributed by atoms with Gasteiger partial charge in [-0.1, -0.05) is 0 Å². The normalized spacial score (nSPS) is 10.4. The molecule has 0 unspecified atom stereocenters. The van der Waals surface area contributed by atoms with Gasteiger partial charge in [0.2, 0.25) is 0 Å². The molecule has 0 aliphatic heterocycles. The monoisotopic (exact) mass is 188 g/mol. The quantitative estimate of drug-likeness (QED) is 0.770. The van der Waals surface area contributed by atoms with Gasteiger partial charge in [-0.3, -0.25) is 4.98 Å². The van der Waals surface area contributed by atoms with Crippen molar-refractivity contribution in [2.24, 2.45) is 0 Å². The van der Waals surface area contributed by atoms with E-state index in [2.05, 4.69) is 17.0 Å². The van der Waals surface area contributed by atoms with Crippen LogP contribution in [0.3, 0.4) is 0 Å². The summed E-state index contributed by atoms with van der Waals surface area (Å²) in [5.74, 6) is 0.674. The van der Waals surface area contributed by atoms with Gasteiger partial charge in [0, 0.05) is 12.4 Å². The topological polar surface area (TPSA) is 56.7 Å². The van der Waals surface area contributed by atoms with Crippen molar-refractivity contribution < 1.29 is 0 Å². The van der Waals surface area contributed by atoms with Crippen molar-refractivity contribution in [2.75, 3.05) is 5.73 Å². The largest absolute Gasteiger partial charge is 0.384 e. The second-order valence-corrected chi connectivity index (χ2v) is 3.22. The molecule has 0 aliphatic carbocycles. The zero-order valence-corrected chi connectivity index (χ0v) is 8.01. The maximum absolute atomic E-state index is 5.72. The van der Waals surface area contributed by atoms with E-state index in [0.29, 0.717) is 12.4 Å². The minimum absolute atomic E-state index is 0.674. The summed E-state index contributed by atoms with van der Waals surface area (Å²) in [6, 6.07) is 3.76. The number of rotatable bonds is 2. The zero-order chi connectivity index (χ0) is 9.97. The maximum atomic E-state index is 5.72. The van der Waals surface area contributed by atoms with E-state index in [4.69, 9.17) is 5.73 Å². The zero-order valence-electron chi connectivity index (χ0n) is 8.01. The molecule has 0 fully saturated rings. The number of aromatic nitrogens is 3. The Hall–Kier alpha value is -1.84. The summed E-state index contributed by atoms with van der Waals surface area (Å²) in [7, 11) is 0. The average molecular weight is 188 g/mol. The molecule has 0 aromatic carbocycles. The third-order valence-corrected chi connectivity index (χ3v) is 2.22. The first kappa shape index (κ1) is 8.74. The van der Waals surface area contributed by atoms with E-state index < -0.39 is 0 Å². The molecule has 72 valence electrons. The average Bonchev–Trinajstić information content (AvgIpc) is 2.56. The summed E-state index contributed by atoms with van der Waals surface area (Å²) in [5.41, 5.74) is 8.06. The van der Waals surface area contributed by atoms with E-state index in [-0.39, 0.29) is 0 Å². The van der Waals surface area contributed by atoms with Gasteiger partial charge in [-0.25, -0.2) is 4.68 Å². The van der Waals surface area contributed by atoms with Crippen molar-refractivity contribution >= 4 is 5.82 Å². The van der Waals surface area contributed by atoms with Gasteiger partial charge in [0.1, 0.15) is 5.82 Å². The van der Waals surface area contributed by atoms with Crippen LogP contribution in [0.5, 0.6) is 0 Å². The molecule has 0 radical (unpaired) electrons. The lowest BCUT2D eigenvalue weighted by Gasteiger charge is -2.06. The van der Waals surface area contributed by atoms with Crippen molar-refractivity contribution in [1.29, 1.82) is 0 Å². The molecule has 0 aliphatic rings. The number of nitrogens with zero attached hydrogens (tertiary/aromatic N) is 3. The van der Waals surface area contributed by atoms with Crippen molar-refractivity contribution in [3.8, 4) is 0 Å². The lowest BCUT2D eigenvalue weighted by Crippen LogP contribution is -2.06. The highest BCUT2D eigenvalue weighted by atomic mass is 15.3. The molecular weight excluding hydrogens is 176 g/mol.